The van der Waals surface area contributed by atoms with Crippen molar-refractivity contribution >= 4 is 0 Å². The molecule has 0 radical (unpaired) electrons. The van der Waals surface area contributed by atoms with Crippen LogP contribution in [0.1, 0.15) is 25.1 Å². The predicted octanol–water partition coefficient (Wildman–Crippen LogP) is 2.41. The van der Waals surface area contributed by atoms with Crippen LogP contribution in [0.15, 0.2) is 36.5 Å². The van der Waals surface area contributed by atoms with E-state index in [1.165, 1.54) is 0 Å². The highest BCUT2D eigenvalue weighted by molar-refractivity contribution is 5.36. The lowest BCUT2D eigenvalue weighted by molar-refractivity contribution is 0.0705. The fourth-order valence-electron chi connectivity index (χ4n) is 1.94. The number of benzene rings is 1. The molecule has 0 amide bonds. The van der Waals surface area contributed by atoms with Gasteiger partial charge in [0.25, 0.3) is 0 Å². The summed E-state index contributed by atoms with van der Waals surface area (Å²) in [7, 11) is 0. The number of hydrogen-bond acceptors (Lipinski definition) is 2. The summed E-state index contributed by atoms with van der Waals surface area (Å²) >= 11 is 0. The highest BCUT2D eigenvalue weighted by Gasteiger charge is 2.24. The molecule has 0 spiro atoms. The molecule has 2 aromatic rings. The van der Waals surface area contributed by atoms with Crippen LogP contribution in [0, 0.1) is 6.92 Å². The van der Waals surface area contributed by atoms with Crippen LogP contribution in [0.5, 0.6) is 0 Å². The minimum atomic E-state index is -0.892. The molecule has 3 heteroatoms. The molecule has 0 aliphatic rings. The normalized spacial score (nSPS) is 11.8. The van der Waals surface area contributed by atoms with E-state index in [1.54, 1.807) is 24.7 Å². The summed E-state index contributed by atoms with van der Waals surface area (Å²) in [5, 5.41) is 14.4. The number of aliphatic hydroxyl groups is 1. The van der Waals surface area contributed by atoms with E-state index >= 15 is 0 Å². The van der Waals surface area contributed by atoms with Crippen LogP contribution in [0.25, 0.3) is 5.69 Å². The van der Waals surface area contributed by atoms with Gasteiger partial charge in [0.05, 0.1) is 17.6 Å². The van der Waals surface area contributed by atoms with Crippen molar-refractivity contribution in [2.75, 3.05) is 0 Å². The molecule has 16 heavy (non-hydrogen) atoms. The first-order valence-corrected chi connectivity index (χ1v) is 5.33. The van der Waals surface area contributed by atoms with Crippen molar-refractivity contribution in [3.8, 4) is 5.69 Å². The first kappa shape index (κ1) is 10.9. The van der Waals surface area contributed by atoms with Gasteiger partial charge in [-0.3, -0.25) is 0 Å². The van der Waals surface area contributed by atoms with Gasteiger partial charge in [-0.1, -0.05) is 18.2 Å². The number of nitrogens with zero attached hydrogens (tertiary/aromatic N) is 2. The first-order chi connectivity index (χ1) is 7.50. The number of para-hydroxylation sites is 1. The lowest BCUT2D eigenvalue weighted by Crippen LogP contribution is -2.21. The average molecular weight is 216 g/mol. The molecule has 1 heterocycles. The second kappa shape index (κ2) is 3.76. The molecule has 84 valence electrons. The van der Waals surface area contributed by atoms with Gasteiger partial charge in [-0.25, -0.2) is 4.68 Å². The molecule has 1 aromatic heterocycles. The van der Waals surface area contributed by atoms with E-state index in [0.29, 0.717) is 0 Å². The van der Waals surface area contributed by atoms with Gasteiger partial charge in [0, 0.05) is 0 Å². The van der Waals surface area contributed by atoms with Gasteiger partial charge >= 0.3 is 0 Å². The van der Waals surface area contributed by atoms with Crippen molar-refractivity contribution in [2.24, 2.45) is 0 Å². The Hall–Kier alpha value is -1.61. The number of hydrogen-bond donors (Lipinski definition) is 1. The summed E-state index contributed by atoms with van der Waals surface area (Å²) in [5.74, 6) is 0. The molecule has 0 fully saturated rings. The van der Waals surface area contributed by atoms with Gasteiger partial charge in [0.15, 0.2) is 0 Å². The van der Waals surface area contributed by atoms with Crippen LogP contribution in [-0.4, -0.2) is 14.9 Å². The molecular weight excluding hydrogens is 200 g/mol. The molecule has 1 N–H and O–H groups in total. The first-order valence-electron chi connectivity index (χ1n) is 5.33. The van der Waals surface area contributed by atoms with Crippen LogP contribution >= 0.6 is 0 Å². The molecule has 0 aliphatic carbocycles. The maximum Gasteiger partial charge on any atom is 0.101 e. The van der Waals surface area contributed by atoms with Crippen molar-refractivity contribution in [3.63, 3.8) is 0 Å². The Morgan fingerprint density at radius 2 is 1.81 bits per heavy atom. The maximum atomic E-state index is 10.1. The van der Waals surface area contributed by atoms with Crippen LogP contribution in [-0.2, 0) is 5.60 Å². The molecule has 0 atom stereocenters. The quantitative estimate of drug-likeness (QED) is 0.837. The number of rotatable bonds is 2. The zero-order valence-electron chi connectivity index (χ0n) is 9.81. The zero-order chi connectivity index (χ0) is 11.8. The van der Waals surface area contributed by atoms with Crippen molar-refractivity contribution in [1.29, 1.82) is 0 Å². The molecule has 1 aromatic carbocycles. The Labute approximate surface area is 95.3 Å². The van der Waals surface area contributed by atoms with Crippen LogP contribution in [0.2, 0.25) is 0 Å². The van der Waals surface area contributed by atoms with E-state index in [4.69, 9.17) is 0 Å². The summed E-state index contributed by atoms with van der Waals surface area (Å²) in [6, 6.07) is 9.83. The molecular formula is C13H16N2O. The third kappa shape index (κ3) is 1.86. The van der Waals surface area contributed by atoms with Gasteiger partial charge in [-0.05, 0) is 38.5 Å². The molecule has 2 rings (SSSR count). The van der Waals surface area contributed by atoms with Crippen LogP contribution in [0.4, 0.5) is 0 Å². The third-order valence-corrected chi connectivity index (χ3v) is 2.53. The predicted molar refractivity (Wildman–Crippen MR) is 63.5 cm³/mol. The monoisotopic (exact) mass is 216 g/mol. The molecule has 0 unspecified atom stereocenters. The molecule has 0 bridgehead atoms. The van der Waals surface area contributed by atoms with Crippen LogP contribution in [0.3, 0.4) is 0 Å². The standard InChI is InChI=1S/C13H16N2O/c1-10-9-14-15(12(10)13(2,3)16)11-7-5-4-6-8-11/h4-9,16H,1-3H3. The minimum Gasteiger partial charge on any atom is -0.384 e. The van der Waals surface area contributed by atoms with E-state index in [0.717, 1.165) is 16.9 Å². The van der Waals surface area contributed by atoms with Crippen LogP contribution < -0.4 is 0 Å². The fraction of sp³-hybridized carbons (Fsp3) is 0.308. The number of aryl methyl sites for hydroxylation is 1. The van der Waals surface area contributed by atoms with Crippen molar-refractivity contribution < 1.29 is 5.11 Å². The van der Waals surface area contributed by atoms with Gasteiger partial charge in [0.1, 0.15) is 5.60 Å². The van der Waals surface area contributed by atoms with Crippen molar-refractivity contribution in [2.45, 2.75) is 26.4 Å². The smallest absolute Gasteiger partial charge is 0.101 e. The van der Waals surface area contributed by atoms with Gasteiger partial charge in [0.2, 0.25) is 0 Å². The zero-order valence-corrected chi connectivity index (χ0v) is 9.81. The summed E-state index contributed by atoms with van der Waals surface area (Å²) in [6.07, 6.45) is 1.78. The summed E-state index contributed by atoms with van der Waals surface area (Å²) < 4.78 is 1.79. The van der Waals surface area contributed by atoms with Gasteiger partial charge < -0.3 is 5.11 Å². The SMILES string of the molecule is Cc1cnn(-c2ccccc2)c1C(C)(C)O. The fourth-order valence-corrected chi connectivity index (χ4v) is 1.94. The maximum absolute atomic E-state index is 10.1. The summed E-state index contributed by atoms with van der Waals surface area (Å²) in [4.78, 5) is 0. The highest BCUT2D eigenvalue weighted by atomic mass is 16.3. The largest absolute Gasteiger partial charge is 0.384 e. The average Bonchev–Trinajstić information content (AvgIpc) is 2.61. The van der Waals surface area contributed by atoms with E-state index in [2.05, 4.69) is 5.10 Å². The molecule has 3 nitrogen and oxygen atoms in total. The second-order valence-corrected chi connectivity index (χ2v) is 4.48. The number of aromatic nitrogens is 2. The Morgan fingerprint density at radius 1 is 1.19 bits per heavy atom. The van der Waals surface area contributed by atoms with Gasteiger partial charge in [-0.2, -0.15) is 5.10 Å². The Morgan fingerprint density at radius 3 is 2.38 bits per heavy atom. The molecule has 0 aliphatic heterocycles. The lowest BCUT2D eigenvalue weighted by Gasteiger charge is -2.20. The Kier molecular flexibility index (Phi) is 2.56. The topological polar surface area (TPSA) is 38.0 Å². The lowest BCUT2D eigenvalue weighted by atomic mass is 10.0. The van der Waals surface area contributed by atoms with E-state index in [1.807, 2.05) is 37.3 Å². The highest BCUT2D eigenvalue weighted by Crippen LogP contribution is 2.25. The van der Waals surface area contributed by atoms with Crippen molar-refractivity contribution in [1.82, 2.24) is 9.78 Å². The second-order valence-electron chi connectivity index (χ2n) is 4.48. The molecule has 0 saturated carbocycles. The summed E-state index contributed by atoms with van der Waals surface area (Å²) in [6.45, 7) is 5.51. The molecule has 0 saturated heterocycles. The minimum absolute atomic E-state index is 0.832. The summed E-state index contributed by atoms with van der Waals surface area (Å²) in [5.41, 5.74) is 1.90. The van der Waals surface area contributed by atoms with Crippen molar-refractivity contribution in [3.05, 3.63) is 47.8 Å². The Balaban J connectivity index is 2.60. The Bertz CT molecular complexity index is 480. The van der Waals surface area contributed by atoms with E-state index in [9.17, 15) is 5.11 Å². The third-order valence-electron chi connectivity index (χ3n) is 2.53. The van der Waals surface area contributed by atoms with E-state index in [-0.39, 0.29) is 0 Å². The van der Waals surface area contributed by atoms with Gasteiger partial charge in [-0.15, -0.1) is 0 Å². The van der Waals surface area contributed by atoms with E-state index < -0.39 is 5.60 Å².